The molecule has 0 fully saturated rings. The van der Waals surface area contributed by atoms with E-state index in [0.29, 0.717) is 28.5 Å². The molecule has 4 rings (SSSR count). The summed E-state index contributed by atoms with van der Waals surface area (Å²) in [5, 5.41) is 10.7. The Kier molecular flexibility index (Phi) is 6.34. The van der Waals surface area contributed by atoms with Crippen LogP contribution in [0, 0.1) is 13.8 Å². The van der Waals surface area contributed by atoms with E-state index in [9.17, 15) is 4.79 Å². The molecule has 0 aliphatic rings. The van der Waals surface area contributed by atoms with Crippen molar-refractivity contribution in [2.75, 3.05) is 0 Å². The molecule has 0 radical (unpaired) electrons. The molecule has 31 heavy (non-hydrogen) atoms. The Hall–Kier alpha value is -2.77. The number of aryl methyl sites for hydroxylation is 2. The van der Waals surface area contributed by atoms with E-state index in [1.54, 1.807) is 12.1 Å². The number of nitrogens with one attached hydrogen (secondary N) is 1. The van der Waals surface area contributed by atoms with Crippen molar-refractivity contribution in [1.82, 2.24) is 19.7 Å². The molecule has 0 bridgehead atoms. The topological polar surface area (TPSA) is 72.8 Å². The molecule has 2 aromatic heterocycles. The first kappa shape index (κ1) is 21.5. The van der Waals surface area contributed by atoms with Crippen LogP contribution in [0.1, 0.15) is 29.6 Å². The summed E-state index contributed by atoms with van der Waals surface area (Å²) in [4.78, 5) is 16.0. The maximum absolute atomic E-state index is 12.6. The summed E-state index contributed by atoms with van der Waals surface area (Å²) in [6.45, 7) is 7.10. The maximum atomic E-state index is 12.6. The van der Waals surface area contributed by atoms with Gasteiger partial charge < -0.3 is 14.3 Å². The molecule has 4 aromatic rings. The van der Waals surface area contributed by atoms with Crippen LogP contribution in [0.4, 0.5) is 0 Å². The molecule has 2 aromatic carbocycles. The predicted octanol–water partition coefficient (Wildman–Crippen LogP) is 5.28. The van der Waals surface area contributed by atoms with Crippen LogP contribution in [-0.4, -0.2) is 19.7 Å². The first-order valence-corrected chi connectivity index (χ1v) is 11.4. The number of halogens is 1. The molecule has 2 heterocycles. The lowest BCUT2D eigenvalue weighted by Crippen LogP contribution is -2.08. The van der Waals surface area contributed by atoms with Crippen molar-refractivity contribution in [3.05, 3.63) is 80.4 Å². The number of fused-ring (bicyclic) bond motifs is 1. The van der Waals surface area contributed by atoms with E-state index in [-0.39, 0.29) is 12.0 Å². The van der Waals surface area contributed by atoms with Gasteiger partial charge in [-0.3, -0.25) is 4.79 Å². The summed E-state index contributed by atoms with van der Waals surface area (Å²) in [6.07, 6.45) is 0. The smallest absolute Gasteiger partial charge is 0.191 e. The number of thioether (sulfide) groups is 1. The molecule has 0 saturated carbocycles. The highest BCUT2D eigenvalue weighted by Crippen LogP contribution is 2.26. The van der Waals surface area contributed by atoms with E-state index in [1.807, 2.05) is 55.7 Å². The highest BCUT2D eigenvalue weighted by Gasteiger charge is 2.14. The van der Waals surface area contributed by atoms with E-state index in [1.165, 1.54) is 11.8 Å². The second kappa shape index (κ2) is 9.16. The third kappa shape index (κ3) is 4.48. The predicted molar refractivity (Wildman–Crippen MR) is 125 cm³/mol. The Morgan fingerprint density at radius 2 is 1.97 bits per heavy atom. The number of aromatic nitrogens is 4. The van der Waals surface area contributed by atoms with Crippen LogP contribution < -0.4 is 10.2 Å². The Morgan fingerprint density at radius 1 is 1.16 bits per heavy atom. The zero-order valence-corrected chi connectivity index (χ0v) is 19.2. The summed E-state index contributed by atoms with van der Waals surface area (Å²) in [5.74, 6) is 1.93. The van der Waals surface area contributed by atoms with Gasteiger partial charge in [-0.15, -0.1) is 10.2 Å². The van der Waals surface area contributed by atoms with E-state index >= 15 is 0 Å². The van der Waals surface area contributed by atoms with Gasteiger partial charge in [0.05, 0.1) is 10.5 Å². The van der Waals surface area contributed by atoms with Gasteiger partial charge in [0.2, 0.25) is 0 Å². The third-order valence-electron chi connectivity index (χ3n) is 5.25. The number of H-pyrrole nitrogens is 1. The van der Waals surface area contributed by atoms with Crippen LogP contribution in [0.25, 0.3) is 10.9 Å². The van der Waals surface area contributed by atoms with Gasteiger partial charge in [0.1, 0.15) is 12.4 Å². The highest BCUT2D eigenvalue weighted by atomic mass is 35.5. The van der Waals surface area contributed by atoms with Gasteiger partial charge in [0.25, 0.3) is 0 Å². The molecule has 0 aliphatic heterocycles. The zero-order valence-electron chi connectivity index (χ0n) is 17.6. The fourth-order valence-electron chi connectivity index (χ4n) is 3.39. The monoisotopic (exact) mass is 454 g/mol. The van der Waals surface area contributed by atoms with Crippen molar-refractivity contribution in [2.24, 2.45) is 0 Å². The molecule has 1 N–H and O–H groups in total. The number of hydrogen-bond donors (Lipinski definition) is 1. The largest absolute Gasteiger partial charge is 0.484 e. The molecule has 0 unspecified atom stereocenters. The van der Waals surface area contributed by atoms with Gasteiger partial charge in [0, 0.05) is 29.4 Å². The van der Waals surface area contributed by atoms with Gasteiger partial charge in [-0.25, -0.2) is 0 Å². The first-order chi connectivity index (χ1) is 15.0. The molecule has 160 valence electrons. The van der Waals surface area contributed by atoms with Gasteiger partial charge in [-0.05, 0) is 50.1 Å². The standard InChI is InChI=1S/C23H23ClN4O2S/c1-4-28-21(12-30-20-8-6-5-7-18(20)24)26-27-23(28)31-13-16-11-19(29)17-10-9-14(2)15(3)22(17)25-16/h5-11H,4,12-13H2,1-3H3,(H,25,29). The number of rotatable bonds is 7. The second-order valence-corrected chi connectivity index (χ2v) is 8.59. The molecule has 0 amide bonds. The molecular weight excluding hydrogens is 432 g/mol. The third-order valence-corrected chi connectivity index (χ3v) is 6.58. The van der Waals surface area contributed by atoms with E-state index in [4.69, 9.17) is 16.3 Å². The van der Waals surface area contributed by atoms with E-state index < -0.39 is 0 Å². The summed E-state index contributed by atoms with van der Waals surface area (Å²) >= 11 is 7.70. The summed E-state index contributed by atoms with van der Waals surface area (Å²) in [7, 11) is 0. The average Bonchev–Trinajstić information content (AvgIpc) is 3.16. The average molecular weight is 455 g/mol. The Balaban J connectivity index is 1.52. The van der Waals surface area contributed by atoms with E-state index in [0.717, 1.165) is 33.3 Å². The maximum Gasteiger partial charge on any atom is 0.191 e. The first-order valence-electron chi connectivity index (χ1n) is 10.0. The minimum absolute atomic E-state index is 0.0261. The van der Waals surface area contributed by atoms with Crippen molar-refractivity contribution in [3.63, 3.8) is 0 Å². The molecular formula is C23H23ClN4O2S. The van der Waals surface area contributed by atoms with Gasteiger partial charge in [-0.1, -0.05) is 41.6 Å². The summed E-state index contributed by atoms with van der Waals surface area (Å²) < 4.78 is 7.83. The van der Waals surface area contributed by atoms with E-state index in [2.05, 4.69) is 15.2 Å². The van der Waals surface area contributed by atoms with Crippen LogP contribution in [0.2, 0.25) is 5.02 Å². The molecule has 0 spiro atoms. The number of ether oxygens (including phenoxy) is 1. The molecule has 6 nitrogen and oxygen atoms in total. The second-order valence-electron chi connectivity index (χ2n) is 7.24. The van der Waals surface area contributed by atoms with Crippen LogP contribution >= 0.6 is 23.4 Å². The highest BCUT2D eigenvalue weighted by molar-refractivity contribution is 7.98. The van der Waals surface area contributed by atoms with Gasteiger partial charge in [-0.2, -0.15) is 0 Å². The molecule has 8 heteroatoms. The lowest BCUT2D eigenvalue weighted by atomic mass is 10.0. The van der Waals surface area contributed by atoms with Gasteiger partial charge >= 0.3 is 0 Å². The fraction of sp³-hybridized carbons (Fsp3) is 0.261. The quantitative estimate of drug-likeness (QED) is 0.384. The van der Waals surface area contributed by atoms with Crippen LogP contribution in [-0.2, 0) is 18.9 Å². The number of aromatic amines is 1. The number of pyridine rings is 1. The minimum Gasteiger partial charge on any atom is -0.484 e. The van der Waals surface area contributed by atoms with Crippen molar-refractivity contribution in [2.45, 2.75) is 44.8 Å². The Morgan fingerprint density at radius 3 is 2.74 bits per heavy atom. The summed E-state index contributed by atoms with van der Waals surface area (Å²) in [5.41, 5.74) is 4.03. The number of benzene rings is 2. The van der Waals surface area contributed by atoms with Crippen molar-refractivity contribution >= 4 is 34.3 Å². The van der Waals surface area contributed by atoms with Crippen molar-refractivity contribution in [3.8, 4) is 5.75 Å². The van der Waals surface area contributed by atoms with Crippen LogP contribution in [0.15, 0.2) is 52.4 Å². The minimum atomic E-state index is 0.0261. The van der Waals surface area contributed by atoms with Gasteiger partial charge in [0.15, 0.2) is 16.4 Å². The molecule has 0 saturated heterocycles. The SMILES string of the molecule is CCn1c(COc2ccccc2Cl)nnc1SCc1cc(=O)c2ccc(C)c(C)c2[nH]1. The van der Waals surface area contributed by atoms with Crippen LogP contribution in [0.3, 0.4) is 0 Å². The Bertz CT molecular complexity index is 1300. The van der Waals surface area contributed by atoms with Crippen LogP contribution in [0.5, 0.6) is 5.75 Å². The number of hydrogen-bond acceptors (Lipinski definition) is 5. The molecule has 0 atom stereocenters. The number of nitrogens with zero attached hydrogens (tertiary/aromatic N) is 3. The summed E-state index contributed by atoms with van der Waals surface area (Å²) in [6, 6.07) is 12.9. The zero-order chi connectivity index (χ0) is 22.0. The van der Waals surface area contributed by atoms with Crippen molar-refractivity contribution in [1.29, 1.82) is 0 Å². The van der Waals surface area contributed by atoms with Crippen molar-refractivity contribution < 1.29 is 4.74 Å². The Labute approximate surface area is 189 Å². The fourth-order valence-corrected chi connectivity index (χ4v) is 4.51. The molecule has 0 aliphatic carbocycles. The lowest BCUT2D eigenvalue weighted by Gasteiger charge is -2.10. The normalized spacial score (nSPS) is 11.2. The number of para-hydroxylation sites is 1. The lowest BCUT2D eigenvalue weighted by molar-refractivity contribution is 0.288.